The topological polar surface area (TPSA) is 89.7 Å². The van der Waals surface area contributed by atoms with Gasteiger partial charge in [-0.05, 0) is 67.1 Å². The highest BCUT2D eigenvalue weighted by atomic mass is 32.1. The zero-order valence-electron chi connectivity index (χ0n) is 17.2. The Morgan fingerprint density at radius 1 is 1.00 bits per heavy atom. The van der Waals surface area contributed by atoms with Gasteiger partial charge in [-0.15, -0.1) is 11.3 Å². The molecular formula is C24H24N2O4S. The Morgan fingerprint density at radius 2 is 1.71 bits per heavy atom. The normalized spacial score (nSPS) is 12.2. The molecule has 0 saturated carbocycles. The van der Waals surface area contributed by atoms with Crippen LogP contribution in [0.15, 0.2) is 66.0 Å². The molecule has 0 bridgehead atoms. The van der Waals surface area contributed by atoms with Gasteiger partial charge < -0.3 is 15.4 Å². The Bertz CT molecular complexity index is 1050. The fourth-order valence-electron chi connectivity index (χ4n) is 3.27. The van der Waals surface area contributed by atoms with E-state index < -0.39 is 5.91 Å². The van der Waals surface area contributed by atoms with Gasteiger partial charge in [0.15, 0.2) is 0 Å². The lowest BCUT2D eigenvalue weighted by Crippen LogP contribution is -2.35. The summed E-state index contributed by atoms with van der Waals surface area (Å²) in [6.07, 6.45) is 1.96. The van der Waals surface area contributed by atoms with Gasteiger partial charge in [0, 0.05) is 23.4 Å². The Balaban J connectivity index is 0.000000229. The van der Waals surface area contributed by atoms with Crippen LogP contribution in [0.2, 0.25) is 0 Å². The SMILES string of the molecule is CCOC(=O)c1cccs1.NC(=O)c1ccc(C(=O)N2CCCc3ccccc32)cc1. The number of anilines is 1. The van der Waals surface area contributed by atoms with E-state index in [0.717, 1.165) is 18.5 Å². The molecule has 2 heterocycles. The average Bonchev–Trinajstić information content (AvgIpc) is 3.34. The highest BCUT2D eigenvalue weighted by Crippen LogP contribution is 2.28. The number of nitrogens with two attached hydrogens (primary N) is 1. The molecule has 0 fully saturated rings. The minimum absolute atomic E-state index is 0.0434. The molecule has 1 aromatic heterocycles. The first-order valence-corrected chi connectivity index (χ1v) is 10.9. The van der Waals surface area contributed by atoms with E-state index in [1.54, 1.807) is 42.2 Å². The molecule has 31 heavy (non-hydrogen) atoms. The van der Waals surface area contributed by atoms with Gasteiger partial charge in [0.1, 0.15) is 4.88 Å². The highest BCUT2D eigenvalue weighted by Gasteiger charge is 2.23. The molecule has 0 radical (unpaired) electrons. The quantitative estimate of drug-likeness (QED) is 0.618. The van der Waals surface area contributed by atoms with Crippen LogP contribution in [0.5, 0.6) is 0 Å². The molecular weight excluding hydrogens is 412 g/mol. The number of nitrogens with zero attached hydrogens (tertiary/aromatic N) is 1. The summed E-state index contributed by atoms with van der Waals surface area (Å²) in [5.41, 5.74) is 8.37. The standard InChI is InChI=1S/C17H16N2O2.C7H8O2S/c18-16(20)13-7-9-14(10-8-13)17(21)19-11-3-5-12-4-1-2-6-15(12)19;1-2-9-7(8)6-4-3-5-10-6/h1-2,4,6-10H,3,5,11H2,(H2,18,20);3-5H,2H2,1H3. The third-order valence-electron chi connectivity index (χ3n) is 4.77. The number of carbonyl (C=O) groups is 3. The van der Waals surface area contributed by atoms with Crippen molar-refractivity contribution in [2.75, 3.05) is 18.1 Å². The maximum atomic E-state index is 12.7. The van der Waals surface area contributed by atoms with Crippen molar-refractivity contribution in [3.05, 3.63) is 87.6 Å². The van der Waals surface area contributed by atoms with Crippen molar-refractivity contribution in [2.24, 2.45) is 5.73 Å². The van der Waals surface area contributed by atoms with Crippen LogP contribution < -0.4 is 10.6 Å². The second kappa shape index (κ2) is 10.5. The molecule has 2 amide bonds. The lowest BCUT2D eigenvalue weighted by molar-refractivity contribution is 0.0532. The van der Waals surface area contributed by atoms with Crippen LogP contribution in [0, 0.1) is 0 Å². The molecule has 2 N–H and O–H groups in total. The minimum atomic E-state index is -0.489. The van der Waals surface area contributed by atoms with E-state index in [0.29, 0.717) is 29.2 Å². The van der Waals surface area contributed by atoms with Crippen LogP contribution in [0.1, 0.15) is 49.3 Å². The van der Waals surface area contributed by atoms with Crippen molar-refractivity contribution >= 4 is 34.8 Å². The van der Waals surface area contributed by atoms with Crippen molar-refractivity contribution in [1.29, 1.82) is 0 Å². The molecule has 160 valence electrons. The monoisotopic (exact) mass is 436 g/mol. The number of fused-ring (bicyclic) bond motifs is 1. The van der Waals surface area contributed by atoms with Gasteiger partial charge in [-0.25, -0.2) is 4.79 Å². The number of hydrogen-bond acceptors (Lipinski definition) is 5. The second-order valence-corrected chi connectivity index (χ2v) is 7.78. The van der Waals surface area contributed by atoms with Crippen molar-refractivity contribution < 1.29 is 19.1 Å². The van der Waals surface area contributed by atoms with E-state index in [1.807, 2.05) is 29.6 Å². The lowest BCUT2D eigenvalue weighted by Gasteiger charge is -2.29. The zero-order chi connectivity index (χ0) is 22.2. The molecule has 3 aromatic rings. The van der Waals surface area contributed by atoms with E-state index in [1.165, 1.54) is 16.9 Å². The Morgan fingerprint density at radius 3 is 2.35 bits per heavy atom. The van der Waals surface area contributed by atoms with Crippen molar-refractivity contribution in [3.8, 4) is 0 Å². The van der Waals surface area contributed by atoms with E-state index in [-0.39, 0.29) is 11.9 Å². The first-order chi connectivity index (χ1) is 15.0. The summed E-state index contributed by atoms with van der Waals surface area (Å²) in [6.45, 7) is 2.95. The largest absolute Gasteiger partial charge is 0.462 e. The number of benzene rings is 2. The molecule has 0 aliphatic carbocycles. The lowest BCUT2D eigenvalue weighted by atomic mass is 10.0. The zero-order valence-corrected chi connectivity index (χ0v) is 18.1. The van der Waals surface area contributed by atoms with Crippen LogP contribution in [0.3, 0.4) is 0 Å². The molecule has 1 aliphatic rings. The first kappa shape index (κ1) is 22.2. The van der Waals surface area contributed by atoms with E-state index in [9.17, 15) is 14.4 Å². The summed E-state index contributed by atoms with van der Waals surface area (Å²) >= 11 is 1.40. The third kappa shape index (κ3) is 5.58. The van der Waals surface area contributed by atoms with Crippen molar-refractivity contribution in [3.63, 3.8) is 0 Å². The highest BCUT2D eigenvalue weighted by molar-refractivity contribution is 7.11. The fraction of sp³-hybridized carbons (Fsp3) is 0.208. The van der Waals surface area contributed by atoms with Gasteiger partial charge in [-0.3, -0.25) is 9.59 Å². The Kier molecular flexibility index (Phi) is 7.56. The van der Waals surface area contributed by atoms with Gasteiger partial charge >= 0.3 is 5.97 Å². The maximum absolute atomic E-state index is 12.7. The maximum Gasteiger partial charge on any atom is 0.348 e. The van der Waals surface area contributed by atoms with E-state index in [2.05, 4.69) is 6.07 Å². The van der Waals surface area contributed by atoms with E-state index in [4.69, 9.17) is 10.5 Å². The molecule has 7 heteroatoms. The van der Waals surface area contributed by atoms with Gasteiger partial charge in [0.25, 0.3) is 5.91 Å². The average molecular weight is 437 g/mol. The first-order valence-electron chi connectivity index (χ1n) is 10.0. The molecule has 0 unspecified atom stereocenters. The van der Waals surface area contributed by atoms with Gasteiger partial charge in [-0.2, -0.15) is 0 Å². The summed E-state index contributed by atoms with van der Waals surface area (Å²) in [7, 11) is 0. The van der Waals surface area contributed by atoms with Crippen LogP contribution in [0.4, 0.5) is 5.69 Å². The number of carbonyl (C=O) groups excluding carboxylic acids is 3. The van der Waals surface area contributed by atoms with Crippen LogP contribution in [0.25, 0.3) is 0 Å². The minimum Gasteiger partial charge on any atom is -0.462 e. The summed E-state index contributed by atoms with van der Waals surface area (Å²) in [5, 5.41) is 1.85. The third-order valence-corrected chi connectivity index (χ3v) is 5.62. The summed E-state index contributed by atoms with van der Waals surface area (Å²) in [5.74, 6) is -0.756. The van der Waals surface area contributed by atoms with Gasteiger partial charge in [0.2, 0.25) is 5.91 Å². The second-order valence-electron chi connectivity index (χ2n) is 6.83. The van der Waals surface area contributed by atoms with Crippen molar-refractivity contribution in [1.82, 2.24) is 0 Å². The number of esters is 1. The molecule has 0 saturated heterocycles. The number of hydrogen-bond donors (Lipinski definition) is 1. The van der Waals surface area contributed by atoms with Crippen LogP contribution >= 0.6 is 11.3 Å². The van der Waals surface area contributed by atoms with Crippen molar-refractivity contribution in [2.45, 2.75) is 19.8 Å². The molecule has 0 spiro atoms. The number of aryl methyl sites for hydroxylation is 1. The predicted octanol–water partition coefficient (Wildman–Crippen LogP) is 4.30. The molecule has 6 nitrogen and oxygen atoms in total. The van der Waals surface area contributed by atoms with Gasteiger partial charge in [0.05, 0.1) is 6.61 Å². The molecule has 4 rings (SSSR count). The molecule has 1 aliphatic heterocycles. The van der Waals surface area contributed by atoms with Crippen LogP contribution in [-0.2, 0) is 11.2 Å². The number of para-hydroxylation sites is 1. The number of ether oxygens (including phenoxy) is 1. The van der Waals surface area contributed by atoms with E-state index >= 15 is 0 Å². The smallest absolute Gasteiger partial charge is 0.348 e. The number of thiophene rings is 1. The fourth-order valence-corrected chi connectivity index (χ4v) is 3.89. The Hall–Kier alpha value is -3.45. The summed E-state index contributed by atoms with van der Waals surface area (Å²) in [4.78, 5) is 37.1. The summed E-state index contributed by atoms with van der Waals surface area (Å²) in [6, 6.07) is 18.0. The van der Waals surface area contributed by atoms with Gasteiger partial charge in [-0.1, -0.05) is 24.3 Å². The Labute approximate surface area is 185 Å². The predicted molar refractivity (Wildman–Crippen MR) is 122 cm³/mol. The number of amides is 2. The number of primary amides is 1. The molecule has 2 aromatic carbocycles. The number of rotatable bonds is 4. The molecule has 0 atom stereocenters. The van der Waals surface area contributed by atoms with Crippen LogP contribution in [-0.4, -0.2) is 30.9 Å². The summed E-state index contributed by atoms with van der Waals surface area (Å²) < 4.78 is 4.76.